The first-order chi connectivity index (χ1) is 11.7. The first-order valence-corrected chi connectivity index (χ1v) is 8.56. The van der Waals surface area contributed by atoms with Crippen molar-refractivity contribution in [3.8, 4) is 11.4 Å². The summed E-state index contributed by atoms with van der Waals surface area (Å²) in [6.45, 7) is 3.58. The monoisotopic (exact) mass is 362 g/mol. The standard InChI is InChI=1S/C18H22N4O2.ClH/c23-16-12-22(15-4-2-1-3-5-15)20-17(16)18(24)21-8-6-13-10-19-11-14(13)7-9-21;/h1-5,12-14,19,23H,6-11H2;1H/t13-,14+;. The van der Waals surface area contributed by atoms with Crippen molar-refractivity contribution in [1.29, 1.82) is 0 Å². The number of aromatic nitrogens is 2. The number of carbonyl (C=O) groups is 1. The van der Waals surface area contributed by atoms with Gasteiger partial charge in [-0.25, -0.2) is 4.68 Å². The summed E-state index contributed by atoms with van der Waals surface area (Å²) >= 11 is 0. The lowest BCUT2D eigenvalue weighted by Crippen LogP contribution is -2.33. The van der Waals surface area contributed by atoms with Crippen LogP contribution in [0.15, 0.2) is 36.5 Å². The van der Waals surface area contributed by atoms with Gasteiger partial charge < -0.3 is 15.3 Å². The summed E-state index contributed by atoms with van der Waals surface area (Å²) in [4.78, 5) is 14.7. The molecule has 2 atom stereocenters. The highest BCUT2D eigenvalue weighted by atomic mass is 35.5. The maximum Gasteiger partial charge on any atom is 0.278 e. The number of benzene rings is 1. The second kappa shape index (κ2) is 7.45. The molecule has 1 aromatic heterocycles. The molecule has 2 fully saturated rings. The summed E-state index contributed by atoms with van der Waals surface area (Å²) in [6, 6.07) is 9.50. The largest absolute Gasteiger partial charge is 0.504 e. The van der Waals surface area contributed by atoms with Crippen LogP contribution in [-0.4, -0.2) is 51.9 Å². The maximum absolute atomic E-state index is 12.8. The van der Waals surface area contributed by atoms with Gasteiger partial charge in [0.2, 0.25) is 0 Å². The highest BCUT2D eigenvalue weighted by Gasteiger charge is 2.33. The van der Waals surface area contributed by atoms with E-state index in [1.54, 1.807) is 4.68 Å². The molecule has 25 heavy (non-hydrogen) atoms. The van der Waals surface area contributed by atoms with Crippen LogP contribution in [0.3, 0.4) is 0 Å². The molecule has 0 bridgehead atoms. The number of fused-ring (bicyclic) bond motifs is 1. The predicted molar refractivity (Wildman–Crippen MR) is 97.5 cm³/mol. The highest BCUT2D eigenvalue weighted by Crippen LogP contribution is 2.28. The maximum atomic E-state index is 12.8. The Morgan fingerprint density at radius 2 is 1.76 bits per heavy atom. The number of carbonyl (C=O) groups excluding carboxylic acids is 1. The second-order valence-corrected chi connectivity index (χ2v) is 6.69. The van der Waals surface area contributed by atoms with Crippen molar-refractivity contribution in [2.24, 2.45) is 11.8 Å². The molecule has 6 nitrogen and oxygen atoms in total. The van der Waals surface area contributed by atoms with Crippen LogP contribution in [0.4, 0.5) is 0 Å². The van der Waals surface area contributed by atoms with E-state index in [4.69, 9.17) is 0 Å². The first kappa shape index (κ1) is 17.8. The van der Waals surface area contributed by atoms with Gasteiger partial charge in [-0.2, -0.15) is 5.10 Å². The minimum atomic E-state index is -0.171. The van der Waals surface area contributed by atoms with Crippen molar-refractivity contribution in [1.82, 2.24) is 20.0 Å². The Morgan fingerprint density at radius 3 is 2.40 bits per heavy atom. The number of likely N-dealkylation sites (tertiary alicyclic amines) is 1. The van der Waals surface area contributed by atoms with E-state index in [9.17, 15) is 9.90 Å². The number of nitrogens with zero attached hydrogens (tertiary/aromatic N) is 3. The lowest BCUT2D eigenvalue weighted by atomic mass is 9.92. The van der Waals surface area contributed by atoms with E-state index < -0.39 is 0 Å². The second-order valence-electron chi connectivity index (χ2n) is 6.69. The van der Waals surface area contributed by atoms with Crippen LogP contribution in [-0.2, 0) is 0 Å². The lowest BCUT2D eigenvalue weighted by Gasteiger charge is -2.19. The topological polar surface area (TPSA) is 70.4 Å². The van der Waals surface area contributed by atoms with Gasteiger partial charge in [-0.3, -0.25) is 4.79 Å². The lowest BCUT2D eigenvalue weighted by molar-refractivity contribution is 0.0749. The van der Waals surface area contributed by atoms with Crippen LogP contribution in [0, 0.1) is 11.8 Å². The van der Waals surface area contributed by atoms with Gasteiger partial charge in [0, 0.05) is 13.1 Å². The third-order valence-corrected chi connectivity index (χ3v) is 5.22. The number of hydrogen-bond donors (Lipinski definition) is 2. The summed E-state index contributed by atoms with van der Waals surface area (Å²) in [5.41, 5.74) is 0.965. The quantitative estimate of drug-likeness (QED) is 0.858. The predicted octanol–water partition coefficient (Wildman–Crippen LogP) is 2.07. The first-order valence-electron chi connectivity index (χ1n) is 8.56. The van der Waals surface area contributed by atoms with Crippen molar-refractivity contribution in [3.05, 3.63) is 42.2 Å². The molecule has 0 unspecified atom stereocenters. The van der Waals surface area contributed by atoms with Crippen molar-refractivity contribution in [2.45, 2.75) is 12.8 Å². The molecule has 2 N–H and O–H groups in total. The van der Waals surface area contributed by atoms with E-state index in [1.807, 2.05) is 35.2 Å². The fraction of sp³-hybridized carbons (Fsp3) is 0.444. The molecule has 1 amide bonds. The van der Waals surface area contributed by atoms with E-state index in [0.717, 1.165) is 44.7 Å². The van der Waals surface area contributed by atoms with Gasteiger partial charge in [-0.05, 0) is 49.9 Å². The van der Waals surface area contributed by atoms with Crippen LogP contribution >= 0.6 is 12.4 Å². The van der Waals surface area contributed by atoms with Crippen LogP contribution < -0.4 is 5.32 Å². The normalized spacial score (nSPS) is 22.8. The Bertz CT molecular complexity index is 720. The molecule has 134 valence electrons. The molecule has 3 heterocycles. The highest BCUT2D eigenvalue weighted by molar-refractivity contribution is 5.94. The SMILES string of the molecule is Cl.O=C(c1nn(-c2ccccc2)cc1O)N1CC[C@@H]2CNC[C@@H]2CC1. The van der Waals surface area contributed by atoms with Crippen LogP contribution in [0.5, 0.6) is 5.75 Å². The van der Waals surface area contributed by atoms with E-state index in [1.165, 1.54) is 6.20 Å². The number of halogens is 1. The summed E-state index contributed by atoms with van der Waals surface area (Å²) in [6.07, 6.45) is 3.53. The number of amides is 1. The van der Waals surface area contributed by atoms with Gasteiger partial charge in [0.05, 0.1) is 11.9 Å². The molecule has 0 radical (unpaired) electrons. The number of rotatable bonds is 2. The third-order valence-electron chi connectivity index (χ3n) is 5.22. The van der Waals surface area contributed by atoms with Crippen molar-refractivity contribution >= 4 is 18.3 Å². The van der Waals surface area contributed by atoms with Crippen LogP contribution in [0.2, 0.25) is 0 Å². The minimum absolute atomic E-state index is 0. The van der Waals surface area contributed by atoms with Crippen LogP contribution in [0.1, 0.15) is 23.3 Å². The molecule has 0 spiro atoms. The summed E-state index contributed by atoms with van der Waals surface area (Å²) in [5.74, 6) is 1.10. The van der Waals surface area contributed by atoms with Crippen molar-refractivity contribution in [3.63, 3.8) is 0 Å². The Kier molecular flexibility index (Phi) is 5.30. The number of para-hydroxylation sites is 1. The Morgan fingerprint density at radius 1 is 1.12 bits per heavy atom. The molecule has 2 aliphatic rings. The summed E-state index contributed by atoms with van der Waals surface area (Å²) < 4.78 is 1.55. The van der Waals surface area contributed by atoms with Gasteiger partial charge in [-0.1, -0.05) is 18.2 Å². The Balaban J connectivity index is 0.00000182. The zero-order chi connectivity index (χ0) is 16.5. The zero-order valence-corrected chi connectivity index (χ0v) is 14.8. The van der Waals surface area contributed by atoms with E-state index in [0.29, 0.717) is 11.8 Å². The van der Waals surface area contributed by atoms with Gasteiger partial charge in [0.25, 0.3) is 5.91 Å². The summed E-state index contributed by atoms with van der Waals surface area (Å²) in [5, 5.41) is 17.9. The Hall–Kier alpha value is -2.05. The molecule has 7 heteroatoms. The van der Waals surface area contributed by atoms with E-state index >= 15 is 0 Å². The van der Waals surface area contributed by atoms with E-state index in [2.05, 4.69) is 10.4 Å². The molecule has 2 aliphatic heterocycles. The molecular weight excluding hydrogens is 340 g/mol. The molecule has 1 aromatic carbocycles. The average molecular weight is 363 g/mol. The molecule has 0 saturated carbocycles. The van der Waals surface area contributed by atoms with Gasteiger partial charge in [0.15, 0.2) is 11.4 Å². The molecule has 4 rings (SSSR count). The fourth-order valence-electron chi connectivity index (χ4n) is 3.80. The smallest absolute Gasteiger partial charge is 0.278 e. The van der Waals surface area contributed by atoms with Crippen LogP contribution in [0.25, 0.3) is 5.69 Å². The molecule has 0 aliphatic carbocycles. The number of hydrogen-bond acceptors (Lipinski definition) is 4. The summed E-state index contributed by atoms with van der Waals surface area (Å²) in [7, 11) is 0. The fourth-order valence-corrected chi connectivity index (χ4v) is 3.80. The Labute approximate surface area is 153 Å². The number of nitrogens with one attached hydrogen (secondary N) is 1. The third kappa shape index (κ3) is 3.50. The van der Waals surface area contributed by atoms with E-state index in [-0.39, 0.29) is 29.8 Å². The number of aromatic hydroxyl groups is 1. The molecular formula is C18H23ClN4O2. The minimum Gasteiger partial charge on any atom is -0.504 e. The van der Waals surface area contributed by atoms with Gasteiger partial charge in [0.1, 0.15) is 0 Å². The van der Waals surface area contributed by atoms with Crippen molar-refractivity contribution in [2.75, 3.05) is 26.2 Å². The van der Waals surface area contributed by atoms with Gasteiger partial charge >= 0.3 is 0 Å². The molecule has 2 saturated heterocycles. The zero-order valence-electron chi connectivity index (χ0n) is 14.0. The van der Waals surface area contributed by atoms with Crippen molar-refractivity contribution < 1.29 is 9.90 Å². The average Bonchev–Trinajstić information content (AvgIpc) is 3.17. The molecule has 2 aromatic rings. The van der Waals surface area contributed by atoms with Gasteiger partial charge in [-0.15, -0.1) is 12.4 Å².